The van der Waals surface area contributed by atoms with E-state index >= 15 is 0 Å². The van der Waals surface area contributed by atoms with Crippen LogP contribution in [0.3, 0.4) is 0 Å². The molecule has 0 unspecified atom stereocenters. The minimum Gasteiger partial charge on any atom is -0.355 e. The molecular weight excluding hydrogens is 335 g/mol. The summed E-state index contributed by atoms with van der Waals surface area (Å²) in [6.45, 7) is 0. The van der Waals surface area contributed by atoms with E-state index in [4.69, 9.17) is 28.5 Å². The van der Waals surface area contributed by atoms with Crippen LogP contribution in [0.1, 0.15) is 5.56 Å². The molecule has 18 heavy (non-hydrogen) atoms. The second-order valence-electron chi connectivity index (χ2n) is 3.56. The van der Waals surface area contributed by atoms with Crippen molar-refractivity contribution in [2.24, 2.45) is 0 Å². The van der Waals surface area contributed by atoms with E-state index < -0.39 is 0 Å². The predicted octanol–water partition coefficient (Wildman–Crippen LogP) is 5.37. The maximum Gasteiger partial charge on any atom is 0.0992 e. The van der Waals surface area contributed by atoms with Crippen molar-refractivity contribution in [3.8, 4) is 6.07 Å². The molecule has 0 aromatic heterocycles. The summed E-state index contributed by atoms with van der Waals surface area (Å²) in [5.41, 5.74) is 2.28. The second kappa shape index (κ2) is 5.62. The summed E-state index contributed by atoms with van der Waals surface area (Å²) in [5, 5.41) is 13.0. The molecule has 0 amide bonds. The van der Waals surface area contributed by atoms with Gasteiger partial charge in [-0.05, 0) is 52.3 Å². The van der Waals surface area contributed by atoms with Crippen LogP contribution in [-0.4, -0.2) is 0 Å². The van der Waals surface area contributed by atoms with Crippen molar-refractivity contribution >= 4 is 50.5 Å². The highest BCUT2D eigenvalue weighted by Crippen LogP contribution is 2.30. The zero-order chi connectivity index (χ0) is 13.1. The number of rotatable bonds is 2. The molecule has 2 aromatic carbocycles. The monoisotopic (exact) mass is 340 g/mol. The van der Waals surface area contributed by atoms with E-state index in [1.165, 1.54) is 0 Å². The molecule has 0 aliphatic carbocycles. The molecule has 0 radical (unpaired) electrons. The van der Waals surface area contributed by atoms with Crippen molar-refractivity contribution in [3.05, 3.63) is 56.5 Å². The van der Waals surface area contributed by atoms with Gasteiger partial charge >= 0.3 is 0 Å². The highest BCUT2D eigenvalue weighted by molar-refractivity contribution is 9.10. The van der Waals surface area contributed by atoms with E-state index in [1.807, 2.05) is 12.1 Å². The minimum absolute atomic E-state index is 0.492. The maximum absolute atomic E-state index is 8.79. The number of hydrogen-bond acceptors (Lipinski definition) is 2. The zero-order valence-corrected chi connectivity index (χ0v) is 12.1. The average Bonchev–Trinajstić information content (AvgIpc) is 2.36. The SMILES string of the molecule is N#Cc1ccc(Nc2ccc(Cl)c(Cl)c2)c(Br)c1. The molecule has 2 rings (SSSR count). The zero-order valence-electron chi connectivity index (χ0n) is 9.05. The molecule has 0 aliphatic heterocycles. The van der Waals surface area contributed by atoms with Gasteiger partial charge in [-0.1, -0.05) is 23.2 Å². The van der Waals surface area contributed by atoms with Crippen LogP contribution < -0.4 is 5.32 Å². The summed E-state index contributed by atoms with van der Waals surface area (Å²) in [6.07, 6.45) is 0. The third-order valence-corrected chi connectivity index (χ3v) is 3.69. The van der Waals surface area contributed by atoms with Crippen LogP contribution in [-0.2, 0) is 0 Å². The topological polar surface area (TPSA) is 35.8 Å². The smallest absolute Gasteiger partial charge is 0.0992 e. The van der Waals surface area contributed by atoms with E-state index in [1.54, 1.807) is 24.3 Å². The highest BCUT2D eigenvalue weighted by atomic mass is 79.9. The van der Waals surface area contributed by atoms with Gasteiger partial charge in [-0.25, -0.2) is 0 Å². The number of anilines is 2. The van der Waals surface area contributed by atoms with Crippen LogP contribution in [0.5, 0.6) is 0 Å². The van der Waals surface area contributed by atoms with E-state index in [0.717, 1.165) is 15.8 Å². The molecule has 90 valence electrons. The molecular formula is C13H7BrCl2N2. The molecule has 0 saturated carbocycles. The van der Waals surface area contributed by atoms with Crippen LogP contribution >= 0.6 is 39.1 Å². The molecule has 0 bridgehead atoms. The van der Waals surface area contributed by atoms with Crippen LogP contribution in [0.4, 0.5) is 11.4 Å². The number of nitrogens with zero attached hydrogens (tertiary/aromatic N) is 1. The lowest BCUT2D eigenvalue weighted by Crippen LogP contribution is -1.92. The molecule has 2 aromatic rings. The molecule has 0 spiro atoms. The van der Waals surface area contributed by atoms with Crippen molar-refractivity contribution in [1.82, 2.24) is 0 Å². The van der Waals surface area contributed by atoms with Gasteiger partial charge in [-0.3, -0.25) is 0 Å². The summed E-state index contributed by atoms with van der Waals surface area (Å²) >= 11 is 15.2. The Morgan fingerprint density at radius 3 is 2.44 bits per heavy atom. The predicted molar refractivity (Wildman–Crippen MR) is 78.6 cm³/mol. The van der Waals surface area contributed by atoms with Gasteiger partial charge in [0.05, 0.1) is 27.4 Å². The van der Waals surface area contributed by atoms with Gasteiger partial charge in [0.25, 0.3) is 0 Å². The first-order valence-electron chi connectivity index (χ1n) is 5.02. The molecule has 2 nitrogen and oxygen atoms in total. The first kappa shape index (κ1) is 13.2. The fraction of sp³-hybridized carbons (Fsp3) is 0. The number of nitriles is 1. The summed E-state index contributed by atoms with van der Waals surface area (Å²) < 4.78 is 0.813. The highest BCUT2D eigenvalue weighted by Gasteiger charge is 2.04. The Hall–Kier alpha value is -1.21. The summed E-state index contributed by atoms with van der Waals surface area (Å²) in [6, 6.07) is 12.7. The molecule has 0 fully saturated rings. The van der Waals surface area contributed by atoms with Gasteiger partial charge in [0.2, 0.25) is 0 Å². The fourth-order valence-corrected chi connectivity index (χ4v) is 2.19. The third-order valence-electron chi connectivity index (χ3n) is 2.30. The van der Waals surface area contributed by atoms with Crippen molar-refractivity contribution < 1.29 is 0 Å². The van der Waals surface area contributed by atoms with Crippen LogP contribution in [0, 0.1) is 11.3 Å². The van der Waals surface area contributed by atoms with Crippen LogP contribution in [0.2, 0.25) is 10.0 Å². The van der Waals surface area contributed by atoms with Crippen molar-refractivity contribution in [1.29, 1.82) is 5.26 Å². The van der Waals surface area contributed by atoms with Crippen molar-refractivity contribution in [3.63, 3.8) is 0 Å². The van der Waals surface area contributed by atoms with Gasteiger partial charge in [0.15, 0.2) is 0 Å². The molecule has 1 N–H and O–H groups in total. The Balaban J connectivity index is 2.29. The van der Waals surface area contributed by atoms with Gasteiger partial charge in [0, 0.05) is 10.2 Å². The molecule has 0 aliphatic rings. The molecule has 0 saturated heterocycles. The normalized spacial score (nSPS) is 9.89. The van der Waals surface area contributed by atoms with E-state index in [2.05, 4.69) is 27.3 Å². The lowest BCUT2D eigenvalue weighted by Gasteiger charge is -2.09. The van der Waals surface area contributed by atoms with Crippen molar-refractivity contribution in [2.75, 3.05) is 5.32 Å². The van der Waals surface area contributed by atoms with Gasteiger partial charge in [0.1, 0.15) is 0 Å². The molecule has 0 atom stereocenters. The molecule has 5 heteroatoms. The Labute approximate surface area is 123 Å². The quantitative estimate of drug-likeness (QED) is 0.796. The van der Waals surface area contributed by atoms with Gasteiger partial charge in [-0.2, -0.15) is 5.26 Å². The first-order valence-corrected chi connectivity index (χ1v) is 6.57. The Morgan fingerprint density at radius 1 is 1.06 bits per heavy atom. The lowest BCUT2D eigenvalue weighted by atomic mass is 10.2. The lowest BCUT2D eigenvalue weighted by molar-refractivity contribution is 1.46. The third kappa shape index (κ3) is 2.97. The number of nitrogens with one attached hydrogen (secondary N) is 1. The van der Waals surface area contributed by atoms with E-state index in [0.29, 0.717) is 15.6 Å². The van der Waals surface area contributed by atoms with Crippen molar-refractivity contribution in [2.45, 2.75) is 0 Å². The fourth-order valence-electron chi connectivity index (χ4n) is 1.42. The number of halogens is 3. The summed E-state index contributed by atoms with van der Waals surface area (Å²) in [5.74, 6) is 0. The summed E-state index contributed by atoms with van der Waals surface area (Å²) in [7, 11) is 0. The Kier molecular flexibility index (Phi) is 4.13. The first-order chi connectivity index (χ1) is 8.60. The van der Waals surface area contributed by atoms with Gasteiger partial charge in [-0.15, -0.1) is 0 Å². The second-order valence-corrected chi connectivity index (χ2v) is 5.23. The van der Waals surface area contributed by atoms with Crippen LogP contribution in [0.25, 0.3) is 0 Å². The van der Waals surface area contributed by atoms with Crippen LogP contribution in [0.15, 0.2) is 40.9 Å². The maximum atomic E-state index is 8.79. The molecule has 0 heterocycles. The Bertz CT molecular complexity index is 635. The standard InChI is InChI=1S/C13H7BrCl2N2/c14-10-5-8(7-17)1-4-13(10)18-9-2-3-11(15)12(16)6-9/h1-6,18H. The van der Waals surface area contributed by atoms with E-state index in [9.17, 15) is 0 Å². The number of hydrogen-bond donors (Lipinski definition) is 1. The number of benzene rings is 2. The van der Waals surface area contributed by atoms with E-state index in [-0.39, 0.29) is 0 Å². The average molecular weight is 342 g/mol. The van der Waals surface area contributed by atoms with Gasteiger partial charge < -0.3 is 5.32 Å². The largest absolute Gasteiger partial charge is 0.355 e. The Morgan fingerprint density at radius 2 is 1.83 bits per heavy atom. The summed E-state index contributed by atoms with van der Waals surface area (Å²) in [4.78, 5) is 0. The minimum atomic E-state index is 0.492.